The SMILES string of the molecule is CONc1nc(OC)nc2c1n(Cc1ccccc1)c[n+]2C. The Kier molecular flexibility index (Phi) is 3.88. The quantitative estimate of drug-likeness (QED) is 0.568. The normalized spacial score (nSPS) is 10.9. The highest BCUT2D eigenvalue weighted by atomic mass is 16.6. The van der Waals surface area contributed by atoms with E-state index in [9.17, 15) is 0 Å². The van der Waals surface area contributed by atoms with Gasteiger partial charge in [0.25, 0.3) is 0 Å². The van der Waals surface area contributed by atoms with Gasteiger partial charge in [-0.05, 0) is 10.5 Å². The Balaban J connectivity index is 2.14. The minimum atomic E-state index is 0.292. The average molecular weight is 300 g/mol. The molecule has 1 N–H and O–H groups in total. The number of nitrogens with one attached hydrogen (secondary N) is 1. The zero-order chi connectivity index (χ0) is 15.5. The van der Waals surface area contributed by atoms with E-state index >= 15 is 0 Å². The third-order valence-corrected chi connectivity index (χ3v) is 3.36. The second-order valence-corrected chi connectivity index (χ2v) is 4.88. The number of methoxy groups -OCH3 is 1. The van der Waals surface area contributed by atoms with Crippen LogP contribution in [0, 0.1) is 0 Å². The zero-order valence-corrected chi connectivity index (χ0v) is 12.8. The van der Waals surface area contributed by atoms with Crippen LogP contribution in [-0.2, 0) is 18.4 Å². The summed E-state index contributed by atoms with van der Waals surface area (Å²) in [6.45, 7) is 0.715. The molecule has 2 heterocycles. The van der Waals surface area contributed by atoms with Crippen molar-refractivity contribution in [3.63, 3.8) is 0 Å². The Morgan fingerprint density at radius 1 is 1.18 bits per heavy atom. The van der Waals surface area contributed by atoms with E-state index in [-0.39, 0.29) is 0 Å². The first-order valence-corrected chi connectivity index (χ1v) is 6.86. The van der Waals surface area contributed by atoms with Crippen LogP contribution in [0.4, 0.5) is 5.82 Å². The number of imidazole rings is 1. The van der Waals surface area contributed by atoms with Crippen LogP contribution in [0.5, 0.6) is 6.01 Å². The number of aromatic nitrogens is 4. The van der Waals surface area contributed by atoms with Gasteiger partial charge in [-0.3, -0.25) is 9.40 Å². The van der Waals surface area contributed by atoms with Crippen molar-refractivity contribution in [2.24, 2.45) is 7.05 Å². The van der Waals surface area contributed by atoms with Crippen LogP contribution in [0.15, 0.2) is 36.7 Å². The van der Waals surface area contributed by atoms with Crippen molar-refractivity contribution in [2.75, 3.05) is 19.7 Å². The third-order valence-electron chi connectivity index (χ3n) is 3.36. The van der Waals surface area contributed by atoms with Crippen LogP contribution in [0.25, 0.3) is 11.2 Å². The molecule has 0 aliphatic heterocycles. The summed E-state index contributed by atoms with van der Waals surface area (Å²) < 4.78 is 9.16. The third kappa shape index (κ3) is 2.58. The lowest BCUT2D eigenvalue weighted by molar-refractivity contribution is -0.647. The predicted molar refractivity (Wildman–Crippen MR) is 81.4 cm³/mol. The monoisotopic (exact) mass is 300 g/mol. The lowest BCUT2D eigenvalue weighted by Crippen LogP contribution is -2.26. The molecule has 0 fully saturated rings. The van der Waals surface area contributed by atoms with Gasteiger partial charge in [0, 0.05) is 0 Å². The Bertz CT molecular complexity index is 785. The second kappa shape index (κ2) is 5.98. The molecule has 0 amide bonds. The molecule has 0 saturated heterocycles. The van der Waals surface area contributed by atoms with Gasteiger partial charge >= 0.3 is 11.7 Å². The molecular formula is C15H18N5O2+. The summed E-state index contributed by atoms with van der Waals surface area (Å²) in [4.78, 5) is 13.8. The number of anilines is 1. The molecule has 0 spiro atoms. The van der Waals surface area contributed by atoms with Crippen LogP contribution in [0.2, 0.25) is 0 Å². The fraction of sp³-hybridized carbons (Fsp3) is 0.267. The molecule has 0 unspecified atom stereocenters. The molecular weight excluding hydrogens is 282 g/mol. The Hall–Kier alpha value is -2.67. The molecule has 0 bridgehead atoms. The zero-order valence-electron chi connectivity index (χ0n) is 12.8. The van der Waals surface area contributed by atoms with Crippen molar-refractivity contribution in [2.45, 2.75) is 6.54 Å². The molecule has 114 valence electrons. The minimum absolute atomic E-state index is 0.292. The van der Waals surface area contributed by atoms with Crippen LogP contribution in [0.1, 0.15) is 5.56 Å². The molecule has 7 heteroatoms. The number of hydrogen-bond acceptors (Lipinski definition) is 5. The van der Waals surface area contributed by atoms with Crippen molar-refractivity contribution >= 4 is 17.0 Å². The molecule has 7 nitrogen and oxygen atoms in total. The maximum atomic E-state index is 5.15. The van der Waals surface area contributed by atoms with Crippen molar-refractivity contribution in [1.82, 2.24) is 14.5 Å². The Morgan fingerprint density at radius 2 is 1.95 bits per heavy atom. The number of rotatable bonds is 5. The molecule has 0 atom stereocenters. The molecule has 0 saturated carbocycles. The molecule has 3 aromatic rings. The highest BCUT2D eigenvalue weighted by Gasteiger charge is 2.23. The predicted octanol–water partition coefficient (Wildman–Crippen LogP) is 1.29. The van der Waals surface area contributed by atoms with E-state index in [1.165, 1.54) is 5.56 Å². The Labute approximate surface area is 128 Å². The standard InChI is InChI=1S/C15H18N5O2/c1-19-10-20(9-11-7-5-4-6-8-11)12-13(18-22-3)16-15(21-2)17-14(12)19/h4-8,10H,9H2,1-3H3,(H,16,17,18)/q+1. The summed E-state index contributed by atoms with van der Waals surface area (Å²) in [6, 6.07) is 10.5. The molecule has 3 rings (SSSR count). The first-order valence-electron chi connectivity index (χ1n) is 6.86. The summed E-state index contributed by atoms with van der Waals surface area (Å²) in [5, 5.41) is 0. The van der Waals surface area contributed by atoms with E-state index < -0.39 is 0 Å². The van der Waals surface area contributed by atoms with Gasteiger partial charge in [0.15, 0.2) is 6.33 Å². The smallest absolute Gasteiger partial charge is 0.397 e. The topological polar surface area (TPSA) is 65.1 Å². The first-order chi connectivity index (χ1) is 10.7. The van der Waals surface area contributed by atoms with E-state index in [0.717, 1.165) is 11.2 Å². The number of hydrogen-bond donors (Lipinski definition) is 1. The molecule has 0 radical (unpaired) electrons. The highest BCUT2D eigenvalue weighted by Crippen LogP contribution is 2.22. The minimum Gasteiger partial charge on any atom is -0.454 e. The maximum Gasteiger partial charge on any atom is 0.397 e. The van der Waals surface area contributed by atoms with Gasteiger partial charge in [-0.25, -0.2) is 10.0 Å². The summed E-state index contributed by atoms with van der Waals surface area (Å²) in [5.74, 6) is 0.570. The number of aryl methyl sites for hydroxylation is 1. The van der Waals surface area contributed by atoms with Crippen molar-refractivity contribution in [1.29, 1.82) is 0 Å². The van der Waals surface area contributed by atoms with Gasteiger partial charge in [0.05, 0.1) is 27.8 Å². The van der Waals surface area contributed by atoms with Gasteiger partial charge in [-0.2, -0.15) is 4.98 Å². The lowest BCUT2D eigenvalue weighted by Gasteiger charge is -2.05. The second-order valence-electron chi connectivity index (χ2n) is 4.88. The number of ether oxygens (including phenoxy) is 1. The largest absolute Gasteiger partial charge is 0.454 e. The molecule has 22 heavy (non-hydrogen) atoms. The van der Waals surface area contributed by atoms with Crippen LogP contribution in [-0.4, -0.2) is 28.8 Å². The summed E-state index contributed by atoms with van der Waals surface area (Å²) in [7, 11) is 5.02. The fourth-order valence-corrected chi connectivity index (χ4v) is 2.41. The number of nitrogens with zero attached hydrogens (tertiary/aromatic N) is 4. The van der Waals surface area contributed by atoms with E-state index in [1.54, 1.807) is 14.2 Å². The lowest BCUT2D eigenvalue weighted by atomic mass is 10.2. The van der Waals surface area contributed by atoms with Gasteiger partial charge in [0.2, 0.25) is 11.3 Å². The highest BCUT2D eigenvalue weighted by molar-refractivity contribution is 5.81. The summed E-state index contributed by atoms with van der Waals surface area (Å²) >= 11 is 0. The van der Waals surface area contributed by atoms with Crippen molar-refractivity contribution in [3.05, 3.63) is 42.2 Å². The van der Waals surface area contributed by atoms with E-state index in [4.69, 9.17) is 9.57 Å². The fourth-order valence-electron chi connectivity index (χ4n) is 2.41. The summed E-state index contributed by atoms with van der Waals surface area (Å²) in [5.41, 5.74) is 5.61. The van der Waals surface area contributed by atoms with Crippen molar-refractivity contribution in [3.8, 4) is 6.01 Å². The number of benzene rings is 1. The van der Waals surface area contributed by atoms with Gasteiger partial charge in [0.1, 0.15) is 0 Å². The molecule has 0 aliphatic carbocycles. The van der Waals surface area contributed by atoms with E-state index in [1.807, 2.05) is 36.1 Å². The molecule has 1 aromatic carbocycles. The Morgan fingerprint density at radius 3 is 2.64 bits per heavy atom. The van der Waals surface area contributed by atoms with Gasteiger partial charge in [-0.1, -0.05) is 30.3 Å². The van der Waals surface area contributed by atoms with Crippen LogP contribution in [0.3, 0.4) is 0 Å². The van der Waals surface area contributed by atoms with Crippen LogP contribution < -0.4 is 14.8 Å². The van der Waals surface area contributed by atoms with Gasteiger partial charge < -0.3 is 4.74 Å². The molecule has 2 aromatic heterocycles. The van der Waals surface area contributed by atoms with Gasteiger partial charge in [-0.15, -0.1) is 0 Å². The van der Waals surface area contributed by atoms with Crippen LogP contribution >= 0.6 is 0 Å². The average Bonchev–Trinajstić information content (AvgIpc) is 2.85. The van der Waals surface area contributed by atoms with E-state index in [2.05, 4.69) is 32.1 Å². The molecule has 0 aliphatic rings. The maximum absolute atomic E-state index is 5.15. The van der Waals surface area contributed by atoms with E-state index in [0.29, 0.717) is 18.4 Å². The number of fused-ring (bicyclic) bond motifs is 1. The summed E-state index contributed by atoms with van der Waals surface area (Å²) in [6.07, 6.45) is 1.98. The first kappa shape index (κ1) is 14.3. The van der Waals surface area contributed by atoms with Crippen molar-refractivity contribution < 1.29 is 14.1 Å².